The van der Waals surface area contributed by atoms with Crippen LogP contribution in [0.15, 0.2) is 97.2 Å². The van der Waals surface area contributed by atoms with Gasteiger partial charge in [-0.25, -0.2) is 4.57 Å². The Hall–Kier alpha value is -3.07. The van der Waals surface area contributed by atoms with Crippen LogP contribution in [0.4, 0.5) is 0 Å². The highest BCUT2D eigenvalue weighted by Crippen LogP contribution is 2.43. The van der Waals surface area contributed by atoms with Crippen LogP contribution in [0.1, 0.15) is 245 Å². The van der Waals surface area contributed by atoms with E-state index in [1.54, 1.807) is 0 Å². The van der Waals surface area contributed by atoms with Crippen molar-refractivity contribution in [1.82, 2.24) is 0 Å². The second kappa shape index (κ2) is 56.2. The number of hydrogen-bond donors (Lipinski definition) is 2. The van der Waals surface area contributed by atoms with Gasteiger partial charge in [-0.3, -0.25) is 18.6 Å². The van der Waals surface area contributed by atoms with E-state index in [9.17, 15) is 19.0 Å². The third-order valence-corrected chi connectivity index (χ3v) is 13.0. The van der Waals surface area contributed by atoms with Gasteiger partial charge in [-0.2, -0.15) is 0 Å². The maximum absolute atomic E-state index is 12.7. The molecule has 0 spiro atoms. The van der Waals surface area contributed by atoms with Gasteiger partial charge in [0.2, 0.25) is 0 Å². The quantitative estimate of drug-likeness (QED) is 0.0264. The third kappa shape index (κ3) is 56.1. The molecular weight excluding hydrogens is 906 g/mol. The van der Waals surface area contributed by atoms with Crippen LogP contribution in [-0.4, -0.2) is 49.3 Å². The fraction of sp³-hybridized carbons (Fsp3) is 0.705. The van der Waals surface area contributed by atoms with Crippen LogP contribution in [0.2, 0.25) is 0 Å². The topological polar surface area (TPSA) is 134 Å². The average Bonchev–Trinajstić information content (AvgIpc) is 3.36. The number of phosphoric acid groups is 1. The summed E-state index contributed by atoms with van der Waals surface area (Å²) in [6.45, 7) is 3.63. The SMILES string of the molecule is CC/C=C\C/C=C\C/C=C\C/C=C\C/C=C\C/C=C\C/C=C\C/C=C\CCCCCCCCC(=O)OC(COC(=O)CCCCCCCCCCCCCCCCCCCCC)COP(=O)(O)OCCN. The van der Waals surface area contributed by atoms with Crippen LogP contribution in [0.25, 0.3) is 0 Å². The van der Waals surface area contributed by atoms with Crippen molar-refractivity contribution >= 4 is 19.8 Å². The Bertz CT molecular complexity index is 1480. The first-order valence-electron chi connectivity index (χ1n) is 28.7. The highest BCUT2D eigenvalue weighted by Gasteiger charge is 2.26. The zero-order valence-corrected chi connectivity index (χ0v) is 46.3. The van der Waals surface area contributed by atoms with E-state index >= 15 is 0 Å². The largest absolute Gasteiger partial charge is 0.472 e. The van der Waals surface area contributed by atoms with Crippen molar-refractivity contribution in [3.05, 3.63) is 97.2 Å². The summed E-state index contributed by atoms with van der Waals surface area (Å²) in [5.74, 6) is -0.842. The highest BCUT2D eigenvalue weighted by molar-refractivity contribution is 7.47. The lowest BCUT2D eigenvalue weighted by Crippen LogP contribution is -2.29. The molecule has 0 radical (unpaired) electrons. The summed E-state index contributed by atoms with van der Waals surface area (Å²) in [6, 6.07) is 0. The molecule has 71 heavy (non-hydrogen) atoms. The van der Waals surface area contributed by atoms with Crippen molar-refractivity contribution in [3.63, 3.8) is 0 Å². The lowest BCUT2D eigenvalue weighted by molar-refractivity contribution is -0.161. The first-order valence-corrected chi connectivity index (χ1v) is 30.2. The number of ether oxygens (including phenoxy) is 2. The minimum absolute atomic E-state index is 0.0472. The second-order valence-corrected chi connectivity index (χ2v) is 20.2. The number of nitrogens with two attached hydrogens (primary N) is 1. The normalized spacial score (nSPS) is 13.8. The van der Waals surface area contributed by atoms with Crippen LogP contribution in [-0.2, 0) is 32.7 Å². The van der Waals surface area contributed by atoms with Gasteiger partial charge in [0.15, 0.2) is 6.10 Å². The molecule has 0 saturated heterocycles. The summed E-state index contributed by atoms with van der Waals surface area (Å²) in [7, 11) is -4.40. The van der Waals surface area contributed by atoms with E-state index in [4.69, 9.17) is 24.3 Å². The number of esters is 2. The van der Waals surface area contributed by atoms with Gasteiger partial charge in [0, 0.05) is 19.4 Å². The molecule has 408 valence electrons. The van der Waals surface area contributed by atoms with Crippen molar-refractivity contribution in [1.29, 1.82) is 0 Å². The second-order valence-electron chi connectivity index (χ2n) is 18.8. The molecule has 0 bridgehead atoms. The molecule has 9 nitrogen and oxygen atoms in total. The van der Waals surface area contributed by atoms with Gasteiger partial charge in [0.05, 0.1) is 13.2 Å². The molecule has 0 rings (SSSR count). The molecule has 0 aliphatic rings. The predicted molar refractivity (Wildman–Crippen MR) is 302 cm³/mol. The molecule has 0 heterocycles. The van der Waals surface area contributed by atoms with E-state index in [-0.39, 0.29) is 38.6 Å². The monoisotopic (exact) mass is 1010 g/mol. The molecule has 0 aliphatic carbocycles. The zero-order chi connectivity index (χ0) is 51.7. The minimum Gasteiger partial charge on any atom is -0.462 e. The van der Waals surface area contributed by atoms with Crippen molar-refractivity contribution in [2.24, 2.45) is 5.73 Å². The molecule has 0 aromatic rings. The number of phosphoric ester groups is 1. The van der Waals surface area contributed by atoms with Gasteiger partial charge in [0.1, 0.15) is 6.61 Å². The summed E-state index contributed by atoms with van der Waals surface area (Å²) in [5, 5.41) is 0. The molecule has 0 amide bonds. The van der Waals surface area contributed by atoms with Crippen LogP contribution >= 0.6 is 7.82 Å². The molecule has 0 aromatic heterocycles. The molecule has 2 unspecified atom stereocenters. The van der Waals surface area contributed by atoms with Crippen molar-refractivity contribution < 1.29 is 37.6 Å². The van der Waals surface area contributed by atoms with E-state index in [0.717, 1.165) is 109 Å². The fourth-order valence-corrected chi connectivity index (χ4v) is 8.54. The van der Waals surface area contributed by atoms with Crippen molar-refractivity contribution in [3.8, 4) is 0 Å². The summed E-state index contributed by atoms with van der Waals surface area (Å²) >= 11 is 0. The summed E-state index contributed by atoms with van der Waals surface area (Å²) in [4.78, 5) is 35.2. The van der Waals surface area contributed by atoms with Crippen LogP contribution in [0, 0.1) is 0 Å². The van der Waals surface area contributed by atoms with Gasteiger partial charge in [0.25, 0.3) is 0 Å². The maximum Gasteiger partial charge on any atom is 0.472 e. The first-order chi connectivity index (χ1) is 34.8. The highest BCUT2D eigenvalue weighted by atomic mass is 31.2. The Morgan fingerprint density at radius 2 is 0.775 bits per heavy atom. The number of hydrogen-bond acceptors (Lipinski definition) is 8. The average molecular weight is 1010 g/mol. The molecule has 0 saturated carbocycles. The Labute approximate surface area is 436 Å². The van der Waals surface area contributed by atoms with Crippen molar-refractivity contribution in [2.75, 3.05) is 26.4 Å². The molecule has 3 N–H and O–H groups in total. The molecule has 10 heteroatoms. The summed E-state index contributed by atoms with van der Waals surface area (Å²) < 4.78 is 33.0. The van der Waals surface area contributed by atoms with Gasteiger partial charge in [-0.05, 0) is 77.0 Å². The number of allylic oxidation sites excluding steroid dienone is 16. The summed E-state index contributed by atoms with van der Waals surface area (Å²) in [5.41, 5.74) is 5.38. The first kappa shape index (κ1) is 67.9. The third-order valence-electron chi connectivity index (χ3n) is 12.0. The van der Waals surface area contributed by atoms with Gasteiger partial charge in [-0.15, -0.1) is 0 Å². The Morgan fingerprint density at radius 1 is 0.437 bits per heavy atom. The fourth-order valence-electron chi connectivity index (χ4n) is 7.77. The Morgan fingerprint density at radius 3 is 1.15 bits per heavy atom. The van der Waals surface area contributed by atoms with E-state index in [1.165, 1.54) is 103 Å². The predicted octanol–water partition coefficient (Wildman–Crippen LogP) is 18.1. The Balaban J connectivity index is 4.05. The lowest BCUT2D eigenvalue weighted by Gasteiger charge is -2.19. The molecule has 0 aliphatic heterocycles. The van der Waals surface area contributed by atoms with Crippen LogP contribution in [0.3, 0.4) is 0 Å². The van der Waals surface area contributed by atoms with Gasteiger partial charge < -0.3 is 20.1 Å². The molecule has 2 atom stereocenters. The van der Waals surface area contributed by atoms with E-state index in [2.05, 4.69) is 111 Å². The minimum atomic E-state index is -4.40. The maximum atomic E-state index is 12.7. The Kier molecular flexibility index (Phi) is 53.8. The van der Waals surface area contributed by atoms with Gasteiger partial charge >= 0.3 is 19.8 Å². The van der Waals surface area contributed by atoms with E-state index in [0.29, 0.717) is 6.42 Å². The number of unbranched alkanes of at least 4 members (excludes halogenated alkanes) is 24. The molecule has 0 aromatic carbocycles. The van der Waals surface area contributed by atoms with Crippen LogP contribution < -0.4 is 5.73 Å². The van der Waals surface area contributed by atoms with Crippen LogP contribution in [0.5, 0.6) is 0 Å². The zero-order valence-electron chi connectivity index (χ0n) is 45.4. The lowest BCUT2D eigenvalue weighted by atomic mass is 10.0. The van der Waals surface area contributed by atoms with Crippen molar-refractivity contribution in [2.45, 2.75) is 251 Å². The number of carbonyl (C=O) groups excluding carboxylic acids is 2. The standard InChI is InChI=1S/C61H106NO8P/c1-3-5-7-9-11-13-15-17-19-21-23-24-25-26-27-28-29-30-31-32-33-34-36-38-40-42-44-46-48-50-52-54-61(64)70-59(58-69-71(65,66)68-56-55-62)57-67-60(63)53-51-49-47-45-43-41-39-37-35-22-20-18-16-14-12-10-8-6-4-2/h5,7,11,13,17,19,23-24,26-27,29-30,32-33,36,38,59H,3-4,6,8-10,12,14-16,18,20-22,25,28,31,34-35,37,39-58,62H2,1-2H3,(H,65,66)/b7-5-,13-11-,19-17-,24-23-,27-26-,30-29-,33-32-,38-36-. The molecule has 0 fully saturated rings. The smallest absolute Gasteiger partial charge is 0.462 e. The van der Waals surface area contributed by atoms with Gasteiger partial charge in [-0.1, -0.05) is 252 Å². The number of rotatable bonds is 53. The number of carbonyl (C=O) groups is 2. The summed E-state index contributed by atoms with van der Waals surface area (Å²) in [6.07, 6.45) is 74.5. The van der Waals surface area contributed by atoms with E-state index < -0.39 is 26.5 Å². The van der Waals surface area contributed by atoms with E-state index in [1.807, 2.05) is 0 Å². The molecular formula is C61H106NO8P.